The number of thioether (sulfide) groups is 1. The van der Waals surface area contributed by atoms with E-state index in [2.05, 4.69) is 25.3 Å². The highest BCUT2D eigenvalue weighted by molar-refractivity contribution is 8.13. The highest BCUT2D eigenvalue weighted by Crippen LogP contribution is 2.27. The molecular weight excluding hydrogens is 611 g/mol. The van der Waals surface area contributed by atoms with E-state index in [-0.39, 0.29) is 11.5 Å². The third-order valence-electron chi connectivity index (χ3n) is 6.40. The molecule has 0 unspecified atom stereocenters. The van der Waals surface area contributed by atoms with Crippen molar-refractivity contribution in [3.8, 4) is 22.8 Å². The number of alkyl halides is 3. The summed E-state index contributed by atoms with van der Waals surface area (Å²) in [7, 11) is 0. The highest BCUT2D eigenvalue weighted by Gasteiger charge is 2.31. The predicted molar refractivity (Wildman–Crippen MR) is 165 cm³/mol. The Morgan fingerprint density at radius 1 is 0.956 bits per heavy atom. The lowest BCUT2D eigenvalue weighted by molar-refractivity contribution is -0.274. The van der Waals surface area contributed by atoms with Gasteiger partial charge in [0, 0.05) is 17.4 Å². The van der Waals surface area contributed by atoms with Gasteiger partial charge in [0.2, 0.25) is 0 Å². The Balaban J connectivity index is 1.27. The van der Waals surface area contributed by atoms with Crippen LogP contribution in [0, 0.1) is 25.5 Å². The number of halogens is 5. The van der Waals surface area contributed by atoms with Gasteiger partial charge in [-0.05, 0) is 66.4 Å². The summed E-state index contributed by atoms with van der Waals surface area (Å²) in [6, 6.07) is 21.8. The molecule has 1 aromatic heterocycles. The summed E-state index contributed by atoms with van der Waals surface area (Å²) in [5, 5.41) is 9.16. The van der Waals surface area contributed by atoms with E-state index in [1.807, 2.05) is 44.2 Å². The van der Waals surface area contributed by atoms with Gasteiger partial charge in [0.1, 0.15) is 23.7 Å². The fourth-order valence-electron chi connectivity index (χ4n) is 4.16. The molecule has 0 saturated carbocycles. The molecule has 0 fully saturated rings. The van der Waals surface area contributed by atoms with Crippen molar-refractivity contribution in [1.82, 2.24) is 20.2 Å². The van der Waals surface area contributed by atoms with E-state index in [0.717, 1.165) is 28.4 Å². The Morgan fingerprint density at radius 3 is 2.33 bits per heavy atom. The fourth-order valence-corrected chi connectivity index (χ4v) is 4.96. The minimum atomic E-state index is -4.77. The number of aromatic nitrogens is 3. The first-order valence-corrected chi connectivity index (χ1v) is 14.4. The monoisotopic (exact) mass is 636 g/mol. The van der Waals surface area contributed by atoms with Gasteiger partial charge in [-0.25, -0.2) is 23.4 Å². The maximum Gasteiger partial charge on any atom is 0.573 e. The van der Waals surface area contributed by atoms with Crippen LogP contribution in [-0.2, 0) is 5.75 Å². The Kier molecular flexibility index (Phi) is 9.57. The topological polar surface area (TPSA) is 76.7 Å². The van der Waals surface area contributed by atoms with Crippen molar-refractivity contribution >= 4 is 28.8 Å². The second kappa shape index (κ2) is 13.7. The Bertz CT molecular complexity index is 1820. The van der Waals surface area contributed by atoms with Gasteiger partial charge in [-0.3, -0.25) is 5.43 Å². The number of nitrogens with one attached hydrogen (secondary N) is 1. The van der Waals surface area contributed by atoms with Gasteiger partial charge in [0.05, 0.1) is 17.6 Å². The SMILES string of the molecule is Cc1cccc(C)c1/N=C(/N/N=C/c1ccc(-c2ncn(-c3ccc(OC(F)(F)F)cc3)n2)cc1)SCc1ccc(F)cc1F. The first-order valence-electron chi connectivity index (χ1n) is 13.4. The summed E-state index contributed by atoms with van der Waals surface area (Å²) in [6.07, 6.45) is -1.71. The van der Waals surface area contributed by atoms with Crippen LogP contribution in [0.4, 0.5) is 27.6 Å². The van der Waals surface area contributed by atoms with Crippen molar-refractivity contribution in [3.63, 3.8) is 0 Å². The van der Waals surface area contributed by atoms with E-state index in [1.165, 1.54) is 59.2 Å². The zero-order valence-electron chi connectivity index (χ0n) is 23.9. The predicted octanol–water partition coefficient (Wildman–Crippen LogP) is 8.27. The van der Waals surface area contributed by atoms with Crippen molar-refractivity contribution in [2.75, 3.05) is 0 Å². The summed E-state index contributed by atoms with van der Waals surface area (Å²) in [4.78, 5) is 9.03. The number of ether oxygens (including phenoxy) is 1. The molecule has 0 aliphatic rings. The number of amidine groups is 1. The third kappa shape index (κ3) is 8.54. The molecule has 1 N–H and O–H groups in total. The largest absolute Gasteiger partial charge is 0.573 e. The number of aliphatic imine (C=N–C) groups is 1. The Labute approximate surface area is 259 Å². The summed E-state index contributed by atoms with van der Waals surface area (Å²) >= 11 is 1.23. The maximum absolute atomic E-state index is 14.2. The second-order valence-corrected chi connectivity index (χ2v) is 10.7. The number of aryl methyl sites for hydroxylation is 2. The molecule has 5 aromatic rings. The Morgan fingerprint density at radius 2 is 1.67 bits per heavy atom. The van der Waals surface area contributed by atoms with Crippen LogP contribution in [0.1, 0.15) is 22.3 Å². The fraction of sp³-hybridized carbons (Fsp3) is 0.125. The van der Waals surface area contributed by atoms with Crippen LogP contribution in [-0.4, -0.2) is 32.5 Å². The quantitative estimate of drug-likeness (QED) is 0.0803. The summed E-state index contributed by atoms with van der Waals surface area (Å²) < 4.78 is 70.2. The third-order valence-corrected chi connectivity index (χ3v) is 7.31. The van der Waals surface area contributed by atoms with E-state index < -0.39 is 18.0 Å². The number of hydrogen-bond donors (Lipinski definition) is 1. The number of hydrogen-bond acceptors (Lipinski definition) is 6. The van der Waals surface area contributed by atoms with Gasteiger partial charge in [-0.2, -0.15) is 5.10 Å². The van der Waals surface area contributed by atoms with Crippen LogP contribution in [0.25, 0.3) is 17.1 Å². The molecule has 0 amide bonds. The van der Waals surface area contributed by atoms with Crippen molar-refractivity contribution in [3.05, 3.63) is 125 Å². The molecule has 7 nitrogen and oxygen atoms in total. The van der Waals surface area contributed by atoms with Gasteiger partial charge in [-0.15, -0.1) is 18.3 Å². The van der Waals surface area contributed by atoms with Crippen LogP contribution in [0.15, 0.2) is 101 Å². The van der Waals surface area contributed by atoms with Crippen LogP contribution >= 0.6 is 11.8 Å². The normalized spacial score (nSPS) is 12.1. The molecule has 0 saturated heterocycles. The molecule has 5 rings (SSSR count). The van der Waals surface area contributed by atoms with Crippen LogP contribution in [0.3, 0.4) is 0 Å². The van der Waals surface area contributed by atoms with E-state index >= 15 is 0 Å². The smallest absolute Gasteiger partial charge is 0.406 e. The maximum atomic E-state index is 14.2. The number of para-hydroxylation sites is 1. The van der Waals surface area contributed by atoms with Crippen molar-refractivity contribution in [2.45, 2.75) is 26.0 Å². The minimum Gasteiger partial charge on any atom is -0.406 e. The molecule has 4 aromatic carbocycles. The number of rotatable bonds is 8. The molecule has 13 heteroatoms. The average molecular weight is 637 g/mol. The molecule has 0 aliphatic heterocycles. The van der Waals surface area contributed by atoms with Crippen molar-refractivity contribution < 1.29 is 26.7 Å². The highest BCUT2D eigenvalue weighted by atomic mass is 32.2. The number of nitrogens with zero attached hydrogens (tertiary/aromatic N) is 5. The van der Waals surface area contributed by atoms with Crippen LogP contribution in [0.2, 0.25) is 0 Å². The second-order valence-electron chi connectivity index (χ2n) is 9.73. The lowest BCUT2D eigenvalue weighted by Crippen LogP contribution is -2.17. The van der Waals surface area contributed by atoms with E-state index in [0.29, 0.717) is 27.8 Å². The number of benzene rings is 4. The van der Waals surface area contributed by atoms with Crippen molar-refractivity contribution in [1.29, 1.82) is 0 Å². The zero-order chi connectivity index (χ0) is 32.0. The summed E-state index contributed by atoms with van der Waals surface area (Å²) in [5.41, 5.74) is 7.95. The van der Waals surface area contributed by atoms with E-state index in [4.69, 9.17) is 4.99 Å². The van der Waals surface area contributed by atoms with Gasteiger partial charge < -0.3 is 4.74 Å². The Hall–Kier alpha value is -5.04. The molecule has 0 atom stereocenters. The number of hydrazone groups is 1. The zero-order valence-corrected chi connectivity index (χ0v) is 24.7. The first kappa shape index (κ1) is 31.4. The van der Waals surface area contributed by atoms with Gasteiger partial charge in [0.25, 0.3) is 0 Å². The molecule has 45 heavy (non-hydrogen) atoms. The molecule has 0 aliphatic carbocycles. The molecule has 1 heterocycles. The van der Waals surface area contributed by atoms with Crippen LogP contribution < -0.4 is 10.2 Å². The van der Waals surface area contributed by atoms with Gasteiger partial charge >= 0.3 is 6.36 Å². The lowest BCUT2D eigenvalue weighted by atomic mass is 10.1. The molecule has 230 valence electrons. The first-order chi connectivity index (χ1) is 21.5. The summed E-state index contributed by atoms with van der Waals surface area (Å²) in [5.74, 6) is -0.984. The van der Waals surface area contributed by atoms with Gasteiger partial charge in [-0.1, -0.05) is 60.3 Å². The lowest BCUT2D eigenvalue weighted by Gasteiger charge is -2.10. The van der Waals surface area contributed by atoms with E-state index in [1.54, 1.807) is 18.3 Å². The van der Waals surface area contributed by atoms with Crippen molar-refractivity contribution in [2.24, 2.45) is 10.1 Å². The summed E-state index contributed by atoms with van der Waals surface area (Å²) in [6.45, 7) is 3.89. The molecule has 0 bridgehead atoms. The molecule has 0 spiro atoms. The molecular formula is C32H25F5N6OS. The molecule has 0 radical (unpaired) electrons. The minimum absolute atomic E-state index is 0.207. The standard InChI is InChI=1S/C32H25F5N6OS/c1-20-4-3-5-21(2)29(20)40-31(45-18-24-10-11-25(33)16-28(24)34)41-39-17-22-6-8-23(9-7-22)30-38-19-43(42-30)26-12-14-27(15-13-26)44-32(35,36)37/h3-17,19H,18H2,1-2H3,(H,40,41)/b39-17+. The van der Waals surface area contributed by atoms with E-state index in [9.17, 15) is 22.0 Å². The average Bonchev–Trinajstić information content (AvgIpc) is 3.49. The van der Waals surface area contributed by atoms with Crippen LogP contribution in [0.5, 0.6) is 5.75 Å². The van der Waals surface area contributed by atoms with Gasteiger partial charge in [0.15, 0.2) is 11.0 Å².